The molecule has 0 aliphatic rings. The SMILES string of the molecule is CCCc1ccc(Oc2ccc([C@@H](O)CC)nc2)cc1. The fourth-order valence-electron chi connectivity index (χ4n) is 2.01. The summed E-state index contributed by atoms with van der Waals surface area (Å²) in [6.45, 7) is 4.09. The van der Waals surface area contributed by atoms with Gasteiger partial charge in [-0.05, 0) is 42.7 Å². The first-order chi connectivity index (χ1) is 9.72. The molecule has 0 saturated heterocycles. The third-order valence-corrected chi connectivity index (χ3v) is 3.19. The van der Waals surface area contributed by atoms with Crippen molar-refractivity contribution in [2.75, 3.05) is 0 Å². The quantitative estimate of drug-likeness (QED) is 0.853. The van der Waals surface area contributed by atoms with Gasteiger partial charge >= 0.3 is 0 Å². The Bertz CT molecular complexity index is 520. The van der Waals surface area contributed by atoms with Gasteiger partial charge in [-0.1, -0.05) is 32.4 Å². The van der Waals surface area contributed by atoms with E-state index in [2.05, 4.69) is 24.0 Å². The molecule has 0 aliphatic heterocycles. The zero-order chi connectivity index (χ0) is 14.4. The van der Waals surface area contributed by atoms with Crippen LogP contribution in [0.2, 0.25) is 0 Å². The maximum Gasteiger partial charge on any atom is 0.145 e. The first-order valence-electron chi connectivity index (χ1n) is 7.13. The zero-order valence-electron chi connectivity index (χ0n) is 12.0. The minimum atomic E-state index is -0.502. The number of aromatic nitrogens is 1. The van der Waals surface area contributed by atoms with Crippen LogP contribution in [-0.4, -0.2) is 10.1 Å². The molecular weight excluding hydrogens is 250 g/mol. The number of ether oxygens (including phenoxy) is 1. The van der Waals surface area contributed by atoms with Gasteiger partial charge in [-0.15, -0.1) is 0 Å². The van der Waals surface area contributed by atoms with Crippen molar-refractivity contribution in [1.29, 1.82) is 0 Å². The molecule has 0 aliphatic carbocycles. The molecule has 1 atom stereocenters. The number of rotatable bonds is 6. The van der Waals surface area contributed by atoms with Crippen LogP contribution >= 0.6 is 0 Å². The molecule has 0 radical (unpaired) electrons. The van der Waals surface area contributed by atoms with Crippen molar-refractivity contribution in [3.8, 4) is 11.5 Å². The molecule has 3 nitrogen and oxygen atoms in total. The molecule has 1 heterocycles. The van der Waals surface area contributed by atoms with E-state index in [4.69, 9.17) is 4.74 Å². The first-order valence-corrected chi connectivity index (χ1v) is 7.13. The summed E-state index contributed by atoms with van der Waals surface area (Å²) in [5, 5.41) is 9.69. The Labute approximate surface area is 120 Å². The molecule has 0 saturated carbocycles. The summed E-state index contributed by atoms with van der Waals surface area (Å²) >= 11 is 0. The van der Waals surface area contributed by atoms with Gasteiger partial charge in [0.05, 0.1) is 18.0 Å². The highest BCUT2D eigenvalue weighted by Crippen LogP contribution is 2.23. The van der Waals surface area contributed by atoms with Crippen LogP contribution in [0, 0.1) is 0 Å². The lowest BCUT2D eigenvalue weighted by atomic mass is 10.1. The van der Waals surface area contributed by atoms with Crippen LogP contribution < -0.4 is 4.74 Å². The number of aryl methyl sites for hydroxylation is 1. The van der Waals surface area contributed by atoms with Crippen LogP contribution in [0.1, 0.15) is 44.1 Å². The van der Waals surface area contributed by atoms with Gasteiger partial charge in [0.25, 0.3) is 0 Å². The van der Waals surface area contributed by atoms with Crippen molar-refractivity contribution < 1.29 is 9.84 Å². The molecule has 0 bridgehead atoms. The van der Waals surface area contributed by atoms with Crippen LogP contribution in [0.4, 0.5) is 0 Å². The summed E-state index contributed by atoms with van der Waals surface area (Å²) < 4.78 is 5.74. The molecule has 20 heavy (non-hydrogen) atoms. The number of benzene rings is 1. The molecule has 2 aromatic rings. The molecule has 1 aromatic heterocycles. The van der Waals surface area contributed by atoms with Crippen LogP contribution in [0.3, 0.4) is 0 Å². The van der Waals surface area contributed by atoms with Crippen molar-refractivity contribution in [2.24, 2.45) is 0 Å². The van der Waals surface area contributed by atoms with Gasteiger partial charge in [-0.25, -0.2) is 0 Å². The molecule has 106 valence electrons. The monoisotopic (exact) mass is 271 g/mol. The Balaban J connectivity index is 2.02. The Morgan fingerprint density at radius 1 is 1.05 bits per heavy atom. The second kappa shape index (κ2) is 7.06. The largest absolute Gasteiger partial charge is 0.456 e. The average molecular weight is 271 g/mol. The van der Waals surface area contributed by atoms with E-state index in [1.165, 1.54) is 5.56 Å². The third kappa shape index (κ3) is 3.81. The molecule has 1 aromatic carbocycles. The second-order valence-corrected chi connectivity index (χ2v) is 4.84. The molecule has 1 N–H and O–H groups in total. The Morgan fingerprint density at radius 3 is 2.30 bits per heavy atom. The van der Waals surface area contributed by atoms with Gasteiger partial charge in [0, 0.05) is 0 Å². The number of hydrogen-bond donors (Lipinski definition) is 1. The lowest BCUT2D eigenvalue weighted by molar-refractivity contribution is 0.169. The highest BCUT2D eigenvalue weighted by Gasteiger charge is 2.06. The van der Waals surface area contributed by atoms with Gasteiger partial charge in [0.2, 0.25) is 0 Å². The smallest absolute Gasteiger partial charge is 0.145 e. The van der Waals surface area contributed by atoms with Gasteiger partial charge in [0.1, 0.15) is 11.5 Å². The van der Waals surface area contributed by atoms with Crippen molar-refractivity contribution in [1.82, 2.24) is 4.98 Å². The van der Waals surface area contributed by atoms with E-state index in [9.17, 15) is 5.11 Å². The number of nitrogens with zero attached hydrogens (tertiary/aromatic N) is 1. The minimum absolute atomic E-state index is 0.502. The van der Waals surface area contributed by atoms with Crippen LogP contribution in [0.15, 0.2) is 42.6 Å². The summed E-state index contributed by atoms with van der Waals surface area (Å²) in [6.07, 6.45) is 4.04. The fraction of sp³-hybridized carbons (Fsp3) is 0.353. The fourth-order valence-corrected chi connectivity index (χ4v) is 2.01. The van der Waals surface area contributed by atoms with E-state index in [-0.39, 0.29) is 0 Å². The molecule has 0 spiro atoms. The molecule has 0 unspecified atom stereocenters. The van der Waals surface area contributed by atoms with Crippen molar-refractivity contribution in [3.05, 3.63) is 53.9 Å². The van der Waals surface area contributed by atoms with E-state index in [0.717, 1.165) is 18.6 Å². The highest BCUT2D eigenvalue weighted by molar-refractivity contribution is 5.32. The van der Waals surface area contributed by atoms with E-state index < -0.39 is 6.10 Å². The summed E-state index contributed by atoms with van der Waals surface area (Å²) in [6, 6.07) is 11.7. The third-order valence-electron chi connectivity index (χ3n) is 3.19. The first kappa shape index (κ1) is 14.5. The average Bonchev–Trinajstić information content (AvgIpc) is 2.49. The highest BCUT2D eigenvalue weighted by atomic mass is 16.5. The molecule has 3 heteroatoms. The van der Waals surface area contributed by atoms with Crippen molar-refractivity contribution in [3.63, 3.8) is 0 Å². The van der Waals surface area contributed by atoms with Crippen LogP contribution in [0.25, 0.3) is 0 Å². The van der Waals surface area contributed by atoms with Crippen molar-refractivity contribution >= 4 is 0 Å². The van der Waals surface area contributed by atoms with E-state index in [0.29, 0.717) is 17.9 Å². The van der Waals surface area contributed by atoms with E-state index >= 15 is 0 Å². The van der Waals surface area contributed by atoms with Gasteiger partial charge in [-0.3, -0.25) is 4.98 Å². The minimum Gasteiger partial charge on any atom is -0.456 e. The summed E-state index contributed by atoms with van der Waals surface area (Å²) in [7, 11) is 0. The Hall–Kier alpha value is -1.87. The molecule has 2 rings (SSSR count). The number of pyridine rings is 1. The predicted molar refractivity (Wildman–Crippen MR) is 80.0 cm³/mol. The van der Waals surface area contributed by atoms with Gasteiger partial charge in [-0.2, -0.15) is 0 Å². The predicted octanol–water partition coefficient (Wildman–Crippen LogP) is 4.27. The zero-order valence-corrected chi connectivity index (χ0v) is 12.0. The van der Waals surface area contributed by atoms with Crippen molar-refractivity contribution in [2.45, 2.75) is 39.2 Å². The second-order valence-electron chi connectivity index (χ2n) is 4.84. The molecular formula is C17H21NO2. The Kier molecular flexibility index (Phi) is 5.13. The summed E-state index contributed by atoms with van der Waals surface area (Å²) in [5.74, 6) is 1.48. The van der Waals surface area contributed by atoms with Crippen LogP contribution in [0.5, 0.6) is 11.5 Å². The number of aliphatic hydroxyl groups is 1. The lowest BCUT2D eigenvalue weighted by Crippen LogP contribution is -1.98. The Morgan fingerprint density at radius 2 is 1.75 bits per heavy atom. The normalized spacial score (nSPS) is 12.2. The van der Waals surface area contributed by atoms with E-state index in [1.807, 2.05) is 25.1 Å². The van der Waals surface area contributed by atoms with E-state index in [1.54, 1.807) is 12.3 Å². The topological polar surface area (TPSA) is 42.4 Å². The summed E-state index contributed by atoms with van der Waals surface area (Å²) in [4.78, 5) is 4.22. The number of hydrogen-bond acceptors (Lipinski definition) is 3. The lowest BCUT2D eigenvalue weighted by Gasteiger charge is -2.09. The standard InChI is InChI=1S/C17H21NO2/c1-3-5-13-6-8-14(9-7-13)20-15-10-11-16(18-12-15)17(19)4-2/h6-12,17,19H,3-5H2,1-2H3/t17-/m0/s1. The maximum atomic E-state index is 9.69. The maximum absolute atomic E-state index is 9.69. The molecule has 0 fully saturated rings. The summed E-state index contributed by atoms with van der Waals surface area (Å²) in [5.41, 5.74) is 2.00. The van der Waals surface area contributed by atoms with Gasteiger partial charge < -0.3 is 9.84 Å². The van der Waals surface area contributed by atoms with Crippen LogP contribution in [-0.2, 0) is 6.42 Å². The number of aliphatic hydroxyl groups excluding tert-OH is 1. The van der Waals surface area contributed by atoms with Gasteiger partial charge in [0.15, 0.2) is 0 Å². The molecule has 0 amide bonds.